The Hall–Kier alpha value is -2.30. The predicted molar refractivity (Wildman–Crippen MR) is 91.2 cm³/mol. The Morgan fingerprint density at radius 1 is 1.29 bits per heavy atom. The second kappa shape index (κ2) is 6.30. The van der Waals surface area contributed by atoms with Crippen LogP contribution >= 0.6 is 0 Å². The molecule has 1 saturated carbocycles. The Morgan fingerprint density at radius 2 is 2.08 bits per heavy atom. The van der Waals surface area contributed by atoms with E-state index in [9.17, 15) is 4.79 Å². The van der Waals surface area contributed by atoms with Crippen molar-refractivity contribution < 1.29 is 9.53 Å². The number of amides is 1. The van der Waals surface area contributed by atoms with Gasteiger partial charge in [0.1, 0.15) is 11.6 Å². The molecule has 2 aliphatic rings. The molecule has 0 bridgehead atoms. The summed E-state index contributed by atoms with van der Waals surface area (Å²) in [5.41, 5.74) is 1.72. The molecule has 0 spiro atoms. The van der Waals surface area contributed by atoms with E-state index in [2.05, 4.69) is 21.1 Å². The summed E-state index contributed by atoms with van der Waals surface area (Å²) in [5, 5.41) is 3.14. The van der Waals surface area contributed by atoms with Gasteiger partial charge < -0.3 is 14.6 Å². The fraction of sp³-hybridized carbons (Fsp3) is 0.474. The van der Waals surface area contributed by atoms with Gasteiger partial charge in [0.2, 0.25) is 0 Å². The molecule has 2 aromatic rings. The number of nitrogens with zero attached hydrogens (tertiary/aromatic N) is 2. The first kappa shape index (κ1) is 15.2. The van der Waals surface area contributed by atoms with E-state index in [0.717, 1.165) is 49.2 Å². The quantitative estimate of drug-likeness (QED) is 0.919. The zero-order valence-electron chi connectivity index (χ0n) is 14.0. The molecule has 0 unspecified atom stereocenters. The Balaban J connectivity index is 1.34. The Bertz CT molecular complexity index is 732. The van der Waals surface area contributed by atoms with Gasteiger partial charge in [0.15, 0.2) is 0 Å². The van der Waals surface area contributed by atoms with Crippen molar-refractivity contribution in [2.75, 3.05) is 6.61 Å². The van der Waals surface area contributed by atoms with Gasteiger partial charge in [-0.15, -0.1) is 0 Å². The lowest BCUT2D eigenvalue weighted by molar-refractivity contribution is 0.0927. The summed E-state index contributed by atoms with van der Waals surface area (Å²) in [6.45, 7) is 3.59. The number of imidazole rings is 1. The Kier molecular flexibility index (Phi) is 4.00. The van der Waals surface area contributed by atoms with Crippen molar-refractivity contribution >= 4 is 5.91 Å². The fourth-order valence-corrected chi connectivity index (χ4v) is 3.17. The summed E-state index contributed by atoms with van der Waals surface area (Å²) in [5.74, 6) is 2.68. The van der Waals surface area contributed by atoms with Crippen LogP contribution in [-0.2, 0) is 13.0 Å². The number of hydrogen-bond donors (Lipinski definition) is 1. The first-order valence-electron chi connectivity index (χ1n) is 8.74. The third-order valence-corrected chi connectivity index (χ3v) is 4.75. The fourth-order valence-electron chi connectivity index (χ4n) is 3.17. The van der Waals surface area contributed by atoms with Crippen LogP contribution < -0.4 is 10.1 Å². The lowest BCUT2D eigenvalue weighted by atomic mass is 10.1. The third kappa shape index (κ3) is 3.45. The molecule has 5 nitrogen and oxygen atoms in total. The summed E-state index contributed by atoms with van der Waals surface area (Å²) in [7, 11) is 0. The highest BCUT2D eigenvalue weighted by atomic mass is 16.5. The standard InChI is InChI=1S/C19H23N3O2/c1-13-10-22-11-16(6-9-18(22)20-13)21-19(23)15-4-7-17(8-5-15)24-12-14-2-3-14/h4-5,7-8,10,14,16H,2-3,6,9,11-12H2,1H3,(H,21,23)/t16-/m1/s1. The molecule has 1 aromatic carbocycles. The van der Waals surface area contributed by atoms with E-state index in [1.54, 1.807) is 0 Å². The smallest absolute Gasteiger partial charge is 0.251 e. The first-order valence-corrected chi connectivity index (χ1v) is 8.74. The molecular weight excluding hydrogens is 302 g/mol. The number of fused-ring (bicyclic) bond motifs is 1. The minimum atomic E-state index is -0.0194. The van der Waals surface area contributed by atoms with Crippen LogP contribution in [0.3, 0.4) is 0 Å². The van der Waals surface area contributed by atoms with Crippen LogP contribution in [0.2, 0.25) is 0 Å². The van der Waals surface area contributed by atoms with E-state index in [1.165, 1.54) is 12.8 Å². The molecule has 1 N–H and O–H groups in total. The van der Waals surface area contributed by atoms with Crippen molar-refractivity contribution in [1.82, 2.24) is 14.9 Å². The number of hydrogen-bond acceptors (Lipinski definition) is 3. The van der Waals surface area contributed by atoms with Crippen molar-refractivity contribution in [3.63, 3.8) is 0 Å². The van der Waals surface area contributed by atoms with E-state index < -0.39 is 0 Å². The molecule has 1 aliphatic carbocycles. The summed E-state index contributed by atoms with van der Waals surface area (Å²) >= 11 is 0. The molecular formula is C19H23N3O2. The second-order valence-corrected chi connectivity index (χ2v) is 6.94. The molecule has 1 aromatic heterocycles. The molecule has 1 atom stereocenters. The van der Waals surface area contributed by atoms with Gasteiger partial charge in [-0.05, 0) is 56.4 Å². The topological polar surface area (TPSA) is 56.2 Å². The Labute approximate surface area is 142 Å². The maximum Gasteiger partial charge on any atom is 0.251 e. The molecule has 2 heterocycles. The molecule has 1 amide bonds. The third-order valence-electron chi connectivity index (χ3n) is 4.75. The average molecular weight is 325 g/mol. The molecule has 0 saturated heterocycles. The van der Waals surface area contributed by atoms with E-state index in [4.69, 9.17) is 4.74 Å². The molecule has 5 heteroatoms. The number of carbonyl (C=O) groups excluding carboxylic acids is 1. The van der Waals surface area contributed by atoms with Crippen LogP contribution in [0.5, 0.6) is 5.75 Å². The van der Waals surface area contributed by atoms with Gasteiger partial charge in [0.25, 0.3) is 5.91 Å². The van der Waals surface area contributed by atoms with Crippen molar-refractivity contribution in [2.45, 2.75) is 45.2 Å². The van der Waals surface area contributed by atoms with Crippen LogP contribution in [0, 0.1) is 12.8 Å². The maximum atomic E-state index is 12.4. The van der Waals surface area contributed by atoms with Crippen molar-refractivity contribution in [3.05, 3.63) is 47.5 Å². The molecule has 1 fully saturated rings. The van der Waals surface area contributed by atoms with Crippen LogP contribution in [0.1, 0.15) is 41.1 Å². The van der Waals surface area contributed by atoms with E-state index in [1.807, 2.05) is 31.2 Å². The summed E-state index contributed by atoms with van der Waals surface area (Å²) in [6.07, 6.45) is 6.46. The lowest BCUT2D eigenvalue weighted by Gasteiger charge is -2.24. The number of ether oxygens (including phenoxy) is 1. The van der Waals surface area contributed by atoms with Crippen molar-refractivity contribution in [1.29, 1.82) is 0 Å². The van der Waals surface area contributed by atoms with Gasteiger partial charge in [0, 0.05) is 30.8 Å². The molecule has 0 radical (unpaired) electrons. The first-order chi connectivity index (χ1) is 11.7. The Morgan fingerprint density at radius 3 is 2.83 bits per heavy atom. The number of rotatable bonds is 5. The van der Waals surface area contributed by atoms with E-state index in [-0.39, 0.29) is 11.9 Å². The molecule has 126 valence electrons. The average Bonchev–Trinajstić information content (AvgIpc) is 3.33. The molecule has 24 heavy (non-hydrogen) atoms. The van der Waals surface area contributed by atoms with Crippen LogP contribution in [0.15, 0.2) is 30.5 Å². The highest BCUT2D eigenvalue weighted by Crippen LogP contribution is 2.29. The number of aryl methyl sites for hydroxylation is 2. The van der Waals surface area contributed by atoms with Crippen LogP contribution in [0.25, 0.3) is 0 Å². The highest BCUT2D eigenvalue weighted by molar-refractivity contribution is 5.94. The summed E-state index contributed by atoms with van der Waals surface area (Å²) in [4.78, 5) is 16.9. The van der Waals surface area contributed by atoms with Gasteiger partial charge in [-0.1, -0.05) is 0 Å². The maximum absolute atomic E-state index is 12.4. The number of carbonyl (C=O) groups is 1. The minimum absolute atomic E-state index is 0.0194. The monoisotopic (exact) mass is 325 g/mol. The largest absolute Gasteiger partial charge is 0.493 e. The summed E-state index contributed by atoms with van der Waals surface area (Å²) in [6, 6.07) is 7.61. The zero-order valence-corrected chi connectivity index (χ0v) is 14.0. The minimum Gasteiger partial charge on any atom is -0.493 e. The SMILES string of the molecule is Cc1cn2c(n1)CC[C@@H](NC(=O)c1ccc(OCC3CC3)cc1)C2. The number of benzene rings is 1. The van der Waals surface area contributed by atoms with Gasteiger partial charge in [0.05, 0.1) is 12.3 Å². The van der Waals surface area contributed by atoms with E-state index >= 15 is 0 Å². The zero-order chi connectivity index (χ0) is 16.5. The lowest BCUT2D eigenvalue weighted by Crippen LogP contribution is -2.40. The number of aromatic nitrogens is 2. The molecule has 1 aliphatic heterocycles. The summed E-state index contributed by atoms with van der Waals surface area (Å²) < 4.78 is 7.87. The van der Waals surface area contributed by atoms with E-state index in [0.29, 0.717) is 5.56 Å². The second-order valence-electron chi connectivity index (χ2n) is 6.94. The van der Waals surface area contributed by atoms with Gasteiger partial charge in [-0.2, -0.15) is 0 Å². The van der Waals surface area contributed by atoms with Gasteiger partial charge >= 0.3 is 0 Å². The van der Waals surface area contributed by atoms with Gasteiger partial charge in [-0.3, -0.25) is 4.79 Å². The van der Waals surface area contributed by atoms with Crippen molar-refractivity contribution in [2.24, 2.45) is 5.92 Å². The van der Waals surface area contributed by atoms with Gasteiger partial charge in [-0.25, -0.2) is 4.98 Å². The normalized spacial score (nSPS) is 19.6. The van der Waals surface area contributed by atoms with Crippen LogP contribution in [0.4, 0.5) is 0 Å². The van der Waals surface area contributed by atoms with Crippen molar-refractivity contribution in [3.8, 4) is 5.75 Å². The highest BCUT2D eigenvalue weighted by Gasteiger charge is 2.23. The number of nitrogens with one attached hydrogen (secondary N) is 1. The van der Waals surface area contributed by atoms with Crippen LogP contribution in [-0.4, -0.2) is 28.1 Å². The predicted octanol–water partition coefficient (Wildman–Crippen LogP) is 2.73. The molecule has 4 rings (SSSR count).